The number of hydrogen-bond donors (Lipinski definition) is 2. The lowest BCUT2D eigenvalue weighted by Gasteiger charge is -2.28. The summed E-state index contributed by atoms with van der Waals surface area (Å²) in [4.78, 5) is 14.0. The highest BCUT2D eigenvalue weighted by Crippen LogP contribution is 2.32. The summed E-state index contributed by atoms with van der Waals surface area (Å²) < 4.78 is 4.09. The zero-order chi connectivity index (χ0) is 13.0. The standard InChI is InChI=1S/C11H20N4OS/c1-5-7(3)15(6-2)11-8(10(16)13-4)9(12)14-17-11/h7H,5-6H2,1-4H3,(H2,12,14)(H,13,16). The fourth-order valence-corrected chi connectivity index (χ4v) is 2.68. The summed E-state index contributed by atoms with van der Waals surface area (Å²) in [6.07, 6.45) is 1.01. The largest absolute Gasteiger partial charge is 0.382 e. The number of rotatable bonds is 5. The van der Waals surface area contributed by atoms with Crippen LogP contribution in [0.5, 0.6) is 0 Å². The first kappa shape index (κ1) is 13.8. The summed E-state index contributed by atoms with van der Waals surface area (Å²) in [5.74, 6) is 0.138. The maximum absolute atomic E-state index is 11.8. The van der Waals surface area contributed by atoms with Gasteiger partial charge in [-0.2, -0.15) is 4.37 Å². The van der Waals surface area contributed by atoms with Crippen molar-refractivity contribution in [2.75, 3.05) is 24.2 Å². The molecule has 0 aliphatic heterocycles. The highest BCUT2D eigenvalue weighted by molar-refractivity contribution is 7.11. The van der Waals surface area contributed by atoms with Crippen LogP contribution in [-0.4, -0.2) is 29.9 Å². The Labute approximate surface area is 106 Å². The lowest BCUT2D eigenvalue weighted by Crippen LogP contribution is -2.33. The van der Waals surface area contributed by atoms with E-state index in [1.54, 1.807) is 7.05 Å². The SMILES string of the molecule is CCC(C)N(CC)c1snc(N)c1C(=O)NC. The van der Waals surface area contributed by atoms with Gasteiger partial charge in [0.25, 0.3) is 5.91 Å². The van der Waals surface area contributed by atoms with Crippen molar-refractivity contribution in [1.29, 1.82) is 0 Å². The third-order valence-electron chi connectivity index (χ3n) is 2.88. The molecule has 0 saturated carbocycles. The number of carbonyl (C=O) groups is 1. The monoisotopic (exact) mass is 256 g/mol. The molecule has 96 valence electrons. The van der Waals surface area contributed by atoms with Crippen LogP contribution >= 0.6 is 11.5 Å². The third kappa shape index (κ3) is 2.69. The van der Waals surface area contributed by atoms with Gasteiger partial charge in [0.1, 0.15) is 10.6 Å². The Morgan fingerprint density at radius 1 is 1.59 bits per heavy atom. The van der Waals surface area contributed by atoms with Crippen LogP contribution in [0.15, 0.2) is 0 Å². The lowest BCUT2D eigenvalue weighted by molar-refractivity contribution is 0.0964. The van der Waals surface area contributed by atoms with Crippen LogP contribution in [0.4, 0.5) is 10.8 Å². The van der Waals surface area contributed by atoms with E-state index in [1.807, 2.05) is 0 Å². The Bertz CT molecular complexity index is 391. The van der Waals surface area contributed by atoms with Gasteiger partial charge in [0.15, 0.2) is 5.82 Å². The van der Waals surface area contributed by atoms with Gasteiger partial charge in [0.2, 0.25) is 0 Å². The van der Waals surface area contributed by atoms with E-state index in [0.717, 1.165) is 18.0 Å². The number of nitrogens with two attached hydrogens (primary N) is 1. The molecule has 0 radical (unpaired) electrons. The predicted molar refractivity (Wildman–Crippen MR) is 72.7 cm³/mol. The van der Waals surface area contributed by atoms with Crippen molar-refractivity contribution in [3.05, 3.63) is 5.56 Å². The molecule has 1 amide bonds. The molecule has 1 atom stereocenters. The van der Waals surface area contributed by atoms with Crippen molar-refractivity contribution in [1.82, 2.24) is 9.69 Å². The Kier molecular flexibility index (Phi) is 4.74. The predicted octanol–water partition coefficient (Wildman–Crippen LogP) is 1.71. The second-order valence-corrected chi connectivity index (χ2v) is 4.62. The van der Waals surface area contributed by atoms with Crippen LogP contribution in [0.25, 0.3) is 0 Å². The summed E-state index contributed by atoms with van der Waals surface area (Å²) in [7, 11) is 1.60. The smallest absolute Gasteiger partial charge is 0.257 e. The van der Waals surface area contributed by atoms with Crippen molar-refractivity contribution in [2.24, 2.45) is 0 Å². The molecule has 0 fully saturated rings. The highest BCUT2D eigenvalue weighted by Gasteiger charge is 2.24. The number of anilines is 2. The van der Waals surface area contributed by atoms with Crippen molar-refractivity contribution in [2.45, 2.75) is 33.2 Å². The molecule has 1 aromatic heterocycles. The van der Waals surface area contributed by atoms with Crippen LogP contribution in [0.1, 0.15) is 37.6 Å². The van der Waals surface area contributed by atoms with Gasteiger partial charge in [-0.1, -0.05) is 6.92 Å². The molecule has 5 nitrogen and oxygen atoms in total. The van der Waals surface area contributed by atoms with Gasteiger partial charge in [-0.3, -0.25) is 4.79 Å². The number of hydrogen-bond acceptors (Lipinski definition) is 5. The summed E-state index contributed by atoms with van der Waals surface area (Å²) in [6.45, 7) is 7.15. The van der Waals surface area contributed by atoms with Crippen molar-refractivity contribution >= 4 is 28.3 Å². The van der Waals surface area contributed by atoms with Gasteiger partial charge < -0.3 is 16.0 Å². The maximum atomic E-state index is 11.8. The van der Waals surface area contributed by atoms with Crippen LogP contribution < -0.4 is 16.0 Å². The average Bonchev–Trinajstić information content (AvgIpc) is 2.71. The first-order chi connectivity index (χ1) is 8.06. The van der Waals surface area contributed by atoms with Crippen molar-refractivity contribution < 1.29 is 4.79 Å². The number of nitrogens with zero attached hydrogens (tertiary/aromatic N) is 2. The molecule has 1 heterocycles. The number of aromatic nitrogens is 1. The van der Waals surface area contributed by atoms with E-state index in [1.165, 1.54) is 11.5 Å². The van der Waals surface area contributed by atoms with Crippen LogP contribution in [0.2, 0.25) is 0 Å². The minimum Gasteiger partial charge on any atom is -0.382 e. The average molecular weight is 256 g/mol. The van der Waals surface area contributed by atoms with E-state index in [4.69, 9.17) is 5.73 Å². The Balaban J connectivity index is 3.16. The van der Waals surface area contributed by atoms with Gasteiger partial charge in [0.05, 0.1) is 0 Å². The molecule has 3 N–H and O–H groups in total. The molecular formula is C11H20N4OS. The minimum atomic E-state index is -0.173. The van der Waals surface area contributed by atoms with Crippen LogP contribution in [0, 0.1) is 0 Å². The molecule has 6 heteroatoms. The van der Waals surface area contributed by atoms with E-state index < -0.39 is 0 Å². The number of carbonyl (C=O) groups excluding carboxylic acids is 1. The Morgan fingerprint density at radius 2 is 2.24 bits per heavy atom. The molecule has 0 saturated heterocycles. The fourth-order valence-electron chi connectivity index (χ4n) is 1.70. The minimum absolute atomic E-state index is 0.173. The number of amides is 1. The Morgan fingerprint density at radius 3 is 2.71 bits per heavy atom. The lowest BCUT2D eigenvalue weighted by atomic mass is 10.2. The number of nitrogen functional groups attached to an aromatic ring is 1. The summed E-state index contributed by atoms with van der Waals surface area (Å²) in [5, 5.41) is 3.47. The van der Waals surface area contributed by atoms with E-state index in [-0.39, 0.29) is 5.91 Å². The van der Waals surface area contributed by atoms with E-state index in [9.17, 15) is 4.79 Å². The highest BCUT2D eigenvalue weighted by atomic mass is 32.1. The van der Waals surface area contributed by atoms with E-state index in [0.29, 0.717) is 17.4 Å². The molecule has 0 aliphatic carbocycles. The first-order valence-corrected chi connectivity index (χ1v) is 6.57. The zero-order valence-corrected chi connectivity index (χ0v) is 11.6. The number of nitrogens with one attached hydrogen (secondary N) is 1. The van der Waals surface area contributed by atoms with Gasteiger partial charge in [-0.05, 0) is 31.8 Å². The summed E-state index contributed by atoms with van der Waals surface area (Å²) >= 11 is 1.29. The second kappa shape index (κ2) is 5.86. The molecule has 1 rings (SSSR count). The van der Waals surface area contributed by atoms with Crippen molar-refractivity contribution in [3.8, 4) is 0 Å². The maximum Gasteiger partial charge on any atom is 0.257 e. The van der Waals surface area contributed by atoms with Gasteiger partial charge in [0, 0.05) is 19.6 Å². The molecule has 1 unspecified atom stereocenters. The van der Waals surface area contributed by atoms with E-state index in [2.05, 4.69) is 35.4 Å². The zero-order valence-electron chi connectivity index (χ0n) is 10.8. The molecule has 1 aromatic rings. The first-order valence-electron chi connectivity index (χ1n) is 5.80. The summed E-state index contributed by atoms with van der Waals surface area (Å²) in [6, 6.07) is 0.364. The molecular weight excluding hydrogens is 236 g/mol. The topological polar surface area (TPSA) is 71.2 Å². The third-order valence-corrected chi connectivity index (χ3v) is 3.78. The molecule has 0 aliphatic rings. The molecule has 0 spiro atoms. The van der Waals surface area contributed by atoms with Crippen LogP contribution in [-0.2, 0) is 0 Å². The fraction of sp³-hybridized carbons (Fsp3) is 0.636. The van der Waals surface area contributed by atoms with Gasteiger partial charge in [-0.25, -0.2) is 0 Å². The van der Waals surface area contributed by atoms with Crippen molar-refractivity contribution in [3.63, 3.8) is 0 Å². The second-order valence-electron chi connectivity index (χ2n) is 3.87. The van der Waals surface area contributed by atoms with Gasteiger partial charge >= 0.3 is 0 Å². The molecule has 0 bridgehead atoms. The van der Waals surface area contributed by atoms with Gasteiger partial charge in [-0.15, -0.1) is 0 Å². The molecule has 0 aromatic carbocycles. The Hall–Kier alpha value is -1.30. The molecule has 17 heavy (non-hydrogen) atoms. The van der Waals surface area contributed by atoms with Crippen LogP contribution in [0.3, 0.4) is 0 Å². The summed E-state index contributed by atoms with van der Waals surface area (Å²) in [5.41, 5.74) is 6.26. The van der Waals surface area contributed by atoms with E-state index >= 15 is 0 Å². The normalized spacial score (nSPS) is 12.2. The quantitative estimate of drug-likeness (QED) is 0.841.